The zero-order chi connectivity index (χ0) is 7.42. The van der Waals surface area contributed by atoms with Crippen LogP contribution in [0.15, 0.2) is 0 Å². The van der Waals surface area contributed by atoms with Gasteiger partial charge in [-0.25, -0.2) is 0 Å². The van der Waals surface area contributed by atoms with Gasteiger partial charge in [-0.1, -0.05) is 0 Å². The number of ketones is 1. The summed E-state index contributed by atoms with van der Waals surface area (Å²) >= 11 is 0. The van der Waals surface area contributed by atoms with Crippen LogP contribution < -0.4 is 0 Å². The number of carbonyl (C=O) groups is 1. The normalized spacial score (nSPS) is 53.6. The minimum atomic E-state index is 0.513. The summed E-state index contributed by atoms with van der Waals surface area (Å²) in [5.74, 6) is 3.68. The number of Topliss-reactive ketones (excluding diaryl/α,β-unsaturated/α-hetero) is 1. The molecule has 1 heteroatoms. The van der Waals surface area contributed by atoms with Crippen LogP contribution in [0.25, 0.3) is 0 Å². The van der Waals surface area contributed by atoms with Crippen molar-refractivity contribution < 1.29 is 4.79 Å². The van der Waals surface area contributed by atoms with E-state index in [4.69, 9.17) is 0 Å². The molecule has 60 valence electrons. The van der Waals surface area contributed by atoms with Crippen LogP contribution in [0, 0.1) is 23.7 Å². The van der Waals surface area contributed by atoms with Crippen molar-refractivity contribution in [2.75, 3.05) is 0 Å². The molecule has 0 amide bonds. The van der Waals surface area contributed by atoms with Crippen LogP contribution in [-0.2, 0) is 4.79 Å². The lowest BCUT2D eigenvalue weighted by atomic mass is 9.53. The molecular formula is C10H14O. The maximum atomic E-state index is 11.4. The highest BCUT2D eigenvalue weighted by Crippen LogP contribution is 2.54. The minimum absolute atomic E-state index is 0.513. The Balaban J connectivity index is 1.99. The van der Waals surface area contributed by atoms with Crippen LogP contribution in [0.2, 0.25) is 0 Å². The number of hydrogen-bond donors (Lipinski definition) is 0. The van der Waals surface area contributed by atoms with Gasteiger partial charge in [-0.2, -0.15) is 0 Å². The Bertz CT molecular complexity index is 209. The van der Waals surface area contributed by atoms with E-state index in [9.17, 15) is 4.79 Å². The number of hydrogen-bond acceptors (Lipinski definition) is 1. The summed E-state index contributed by atoms with van der Waals surface area (Å²) in [5.41, 5.74) is 0. The molecule has 0 unspecified atom stereocenters. The molecule has 0 radical (unpaired) electrons. The Morgan fingerprint density at radius 3 is 2.36 bits per heavy atom. The molecule has 5 aliphatic rings. The van der Waals surface area contributed by atoms with E-state index in [1.807, 2.05) is 0 Å². The predicted octanol–water partition coefficient (Wildman–Crippen LogP) is 2.01. The first-order valence-electron chi connectivity index (χ1n) is 4.87. The largest absolute Gasteiger partial charge is 0.299 e. The molecule has 0 spiro atoms. The molecule has 4 bridgehead atoms. The van der Waals surface area contributed by atoms with Gasteiger partial charge in [0.2, 0.25) is 0 Å². The van der Waals surface area contributed by atoms with Gasteiger partial charge in [-0.15, -0.1) is 0 Å². The van der Waals surface area contributed by atoms with Gasteiger partial charge in [0.25, 0.3) is 0 Å². The molecule has 0 saturated heterocycles. The van der Waals surface area contributed by atoms with Gasteiger partial charge < -0.3 is 0 Å². The van der Waals surface area contributed by atoms with Gasteiger partial charge in [0.1, 0.15) is 5.78 Å². The van der Waals surface area contributed by atoms with E-state index in [1.54, 1.807) is 0 Å². The second-order valence-corrected chi connectivity index (χ2v) is 4.61. The van der Waals surface area contributed by atoms with E-state index >= 15 is 0 Å². The first-order valence-corrected chi connectivity index (χ1v) is 4.87. The Labute approximate surface area is 67.2 Å². The van der Waals surface area contributed by atoms with Gasteiger partial charge in [0.15, 0.2) is 0 Å². The van der Waals surface area contributed by atoms with Crippen LogP contribution in [-0.4, -0.2) is 5.78 Å². The highest BCUT2D eigenvalue weighted by atomic mass is 16.1. The van der Waals surface area contributed by atoms with Gasteiger partial charge >= 0.3 is 0 Å². The molecule has 5 saturated carbocycles. The summed E-state index contributed by atoms with van der Waals surface area (Å²) in [6, 6.07) is 0. The average Bonchev–Trinajstić information content (AvgIpc) is 2.05. The molecule has 4 atom stereocenters. The summed E-state index contributed by atoms with van der Waals surface area (Å²) in [7, 11) is 0. The zero-order valence-electron chi connectivity index (χ0n) is 6.75. The van der Waals surface area contributed by atoms with Crippen molar-refractivity contribution in [3.63, 3.8) is 0 Å². The van der Waals surface area contributed by atoms with Crippen molar-refractivity contribution in [2.45, 2.75) is 32.1 Å². The number of rotatable bonds is 0. The van der Waals surface area contributed by atoms with E-state index in [-0.39, 0.29) is 0 Å². The third-order valence-electron chi connectivity index (χ3n) is 4.18. The van der Waals surface area contributed by atoms with Gasteiger partial charge in [0, 0.05) is 12.3 Å². The van der Waals surface area contributed by atoms with E-state index in [0.29, 0.717) is 11.7 Å². The van der Waals surface area contributed by atoms with Gasteiger partial charge in [-0.3, -0.25) is 4.79 Å². The van der Waals surface area contributed by atoms with Crippen LogP contribution in [0.5, 0.6) is 0 Å². The molecule has 5 aliphatic carbocycles. The van der Waals surface area contributed by atoms with E-state index in [0.717, 1.165) is 24.2 Å². The standard InChI is InChI=1S/C10H14O/c11-10-5-8-3-7-2-1-6(8)4-9(7)10/h6-9H,1-5H2/t6-,7+,8-,9-/m0/s1. The fourth-order valence-electron chi connectivity index (χ4n) is 3.61. The van der Waals surface area contributed by atoms with Crippen molar-refractivity contribution in [3.05, 3.63) is 0 Å². The summed E-state index contributed by atoms with van der Waals surface area (Å²) in [5, 5.41) is 0. The monoisotopic (exact) mass is 150 g/mol. The summed E-state index contributed by atoms with van der Waals surface area (Å²) in [4.78, 5) is 11.4. The fraction of sp³-hybridized carbons (Fsp3) is 0.900. The Hall–Kier alpha value is -0.330. The molecular weight excluding hydrogens is 136 g/mol. The first kappa shape index (κ1) is 6.22. The Morgan fingerprint density at radius 2 is 1.82 bits per heavy atom. The molecule has 5 fully saturated rings. The van der Waals surface area contributed by atoms with Crippen molar-refractivity contribution in [1.82, 2.24) is 0 Å². The molecule has 11 heavy (non-hydrogen) atoms. The minimum Gasteiger partial charge on any atom is -0.299 e. The topological polar surface area (TPSA) is 17.1 Å². The van der Waals surface area contributed by atoms with E-state index < -0.39 is 0 Å². The van der Waals surface area contributed by atoms with Gasteiger partial charge in [0.05, 0.1) is 0 Å². The SMILES string of the molecule is O=C1C[C@@H]2C[C@H]3CC[C@H]2C[C@H]13. The van der Waals surface area contributed by atoms with Crippen molar-refractivity contribution >= 4 is 5.78 Å². The van der Waals surface area contributed by atoms with Crippen molar-refractivity contribution in [1.29, 1.82) is 0 Å². The first-order chi connectivity index (χ1) is 5.34. The van der Waals surface area contributed by atoms with Crippen LogP contribution in [0.4, 0.5) is 0 Å². The molecule has 0 aromatic heterocycles. The highest BCUT2D eigenvalue weighted by Gasteiger charge is 2.49. The molecule has 0 N–H and O–H groups in total. The third kappa shape index (κ3) is 0.692. The lowest BCUT2D eigenvalue weighted by Gasteiger charge is -2.51. The lowest BCUT2D eigenvalue weighted by molar-refractivity contribution is -0.140. The summed E-state index contributed by atoms with van der Waals surface area (Å²) < 4.78 is 0. The quantitative estimate of drug-likeness (QED) is 0.516. The maximum Gasteiger partial charge on any atom is 0.136 e. The molecule has 0 aliphatic heterocycles. The molecule has 0 aromatic rings. The zero-order valence-corrected chi connectivity index (χ0v) is 6.75. The third-order valence-corrected chi connectivity index (χ3v) is 4.18. The van der Waals surface area contributed by atoms with Crippen LogP contribution in [0.1, 0.15) is 32.1 Å². The second-order valence-electron chi connectivity index (χ2n) is 4.61. The van der Waals surface area contributed by atoms with E-state index in [2.05, 4.69) is 0 Å². The highest BCUT2D eigenvalue weighted by molar-refractivity contribution is 5.83. The Morgan fingerprint density at radius 1 is 1.00 bits per heavy atom. The summed E-state index contributed by atoms with van der Waals surface area (Å²) in [6.45, 7) is 0. The van der Waals surface area contributed by atoms with E-state index in [1.165, 1.54) is 25.7 Å². The fourth-order valence-corrected chi connectivity index (χ4v) is 3.61. The predicted molar refractivity (Wildman–Crippen MR) is 42.1 cm³/mol. The molecule has 1 nitrogen and oxygen atoms in total. The molecule has 0 heterocycles. The molecule has 0 aromatic carbocycles. The summed E-state index contributed by atoms with van der Waals surface area (Å²) in [6.07, 6.45) is 6.37. The Kier molecular flexibility index (Phi) is 1.06. The van der Waals surface area contributed by atoms with Crippen LogP contribution >= 0.6 is 0 Å². The van der Waals surface area contributed by atoms with Gasteiger partial charge in [-0.05, 0) is 43.4 Å². The molecule has 5 rings (SSSR count). The smallest absolute Gasteiger partial charge is 0.136 e. The van der Waals surface area contributed by atoms with Crippen LogP contribution in [0.3, 0.4) is 0 Å². The number of fused-ring (bicyclic) bond motifs is 2. The lowest BCUT2D eigenvalue weighted by Crippen LogP contribution is -2.47. The number of carbonyl (C=O) groups excluding carboxylic acids is 1. The van der Waals surface area contributed by atoms with Crippen molar-refractivity contribution in [2.24, 2.45) is 23.7 Å². The van der Waals surface area contributed by atoms with Crippen molar-refractivity contribution in [3.8, 4) is 0 Å². The second kappa shape index (κ2) is 1.88. The maximum absolute atomic E-state index is 11.4. The average molecular weight is 150 g/mol.